The van der Waals surface area contributed by atoms with Crippen molar-refractivity contribution in [3.63, 3.8) is 0 Å². The first-order chi connectivity index (χ1) is 25.2. The molecule has 3 rings (SSSR count). The van der Waals surface area contributed by atoms with Crippen LogP contribution in [0.15, 0.2) is 89.8 Å². The highest BCUT2D eigenvalue weighted by Crippen LogP contribution is 2.38. The lowest BCUT2D eigenvalue weighted by atomic mass is 9.80. The summed E-state index contributed by atoms with van der Waals surface area (Å²) < 4.78 is 38.4. The first kappa shape index (κ1) is 42.5. The SMILES string of the molecule is COC(=O)[C@@](CCCCNC(=O)OCc1ccccc1)(c1ccccc1)N(C(=O)[C@H](C)N)C(=O)[C@@](N)(C=O)CCCCNS(=O)(=O)c1ccc(C)cc1. The number of amides is 3. The number of carbonyl (C=O) groups is 5. The molecular weight excluding hydrogens is 703 g/mol. The molecule has 0 aromatic heterocycles. The zero-order valence-corrected chi connectivity index (χ0v) is 31.1. The Hall–Kier alpha value is -4.96. The smallest absolute Gasteiger partial charge is 0.407 e. The van der Waals surface area contributed by atoms with Gasteiger partial charge in [-0.2, -0.15) is 0 Å². The zero-order valence-electron chi connectivity index (χ0n) is 30.3. The van der Waals surface area contributed by atoms with Crippen molar-refractivity contribution in [2.45, 2.75) is 81.0 Å². The van der Waals surface area contributed by atoms with Gasteiger partial charge >= 0.3 is 12.1 Å². The van der Waals surface area contributed by atoms with Crippen LogP contribution in [0, 0.1) is 6.92 Å². The van der Waals surface area contributed by atoms with Gasteiger partial charge in [0.15, 0.2) is 11.1 Å². The lowest BCUT2D eigenvalue weighted by molar-refractivity contribution is -0.173. The topological polar surface area (TPSA) is 217 Å². The lowest BCUT2D eigenvalue weighted by Gasteiger charge is -2.44. The third-order valence-corrected chi connectivity index (χ3v) is 10.1. The van der Waals surface area contributed by atoms with Gasteiger partial charge in [0.1, 0.15) is 12.9 Å². The van der Waals surface area contributed by atoms with Crippen LogP contribution in [0.25, 0.3) is 0 Å². The van der Waals surface area contributed by atoms with Gasteiger partial charge in [0.05, 0.1) is 18.0 Å². The van der Waals surface area contributed by atoms with Crippen molar-refractivity contribution in [3.8, 4) is 0 Å². The zero-order chi connectivity index (χ0) is 39.1. The van der Waals surface area contributed by atoms with E-state index in [1.807, 2.05) is 37.3 Å². The Morgan fingerprint density at radius 3 is 2.04 bits per heavy atom. The molecule has 3 amide bonds. The summed E-state index contributed by atoms with van der Waals surface area (Å²) in [7, 11) is -2.70. The van der Waals surface area contributed by atoms with Crippen molar-refractivity contribution in [1.29, 1.82) is 0 Å². The number of esters is 1. The molecule has 0 aliphatic heterocycles. The number of aryl methyl sites for hydroxylation is 1. The standard InChI is InChI=1S/C38H49N5O9S/c1-28-18-20-32(21-19-28)53(49,50)42-25-13-10-22-37(40,27-44)34(46)43(33(45)29(2)39)38(35(47)51-3,31-16-8-5-9-17-31)23-11-12-24-41-36(48)52-26-30-14-6-4-7-15-30/h4-9,14-21,27,29,42H,10-13,22-26,39-40H2,1-3H3,(H,41,48)/t29-,37-,38+/m0/s1. The minimum absolute atomic E-state index is 0.0221. The summed E-state index contributed by atoms with van der Waals surface area (Å²) in [4.78, 5) is 68.0. The number of hydrogen-bond acceptors (Lipinski definition) is 11. The molecule has 0 spiro atoms. The molecule has 0 aliphatic rings. The number of benzene rings is 3. The van der Waals surface area contributed by atoms with Crippen LogP contribution >= 0.6 is 0 Å². The van der Waals surface area contributed by atoms with Crippen molar-refractivity contribution in [2.75, 3.05) is 20.2 Å². The highest BCUT2D eigenvalue weighted by atomic mass is 32.2. The maximum Gasteiger partial charge on any atom is 0.407 e. The van der Waals surface area contributed by atoms with Gasteiger partial charge in [0.2, 0.25) is 15.9 Å². The van der Waals surface area contributed by atoms with Crippen LogP contribution in [0.4, 0.5) is 4.79 Å². The number of rotatable bonds is 20. The number of methoxy groups -OCH3 is 1. The van der Waals surface area contributed by atoms with E-state index in [1.54, 1.807) is 42.5 Å². The number of sulfonamides is 1. The van der Waals surface area contributed by atoms with Crippen molar-refractivity contribution in [3.05, 3.63) is 102 Å². The van der Waals surface area contributed by atoms with E-state index in [9.17, 15) is 32.4 Å². The molecule has 3 atom stereocenters. The number of imide groups is 1. The van der Waals surface area contributed by atoms with Gasteiger partial charge in [-0.05, 0) is 75.6 Å². The second kappa shape index (κ2) is 19.8. The molecule has 3 aromatic rings. The largest absolute Gasteiger partial charge is 0.467 e. The Bertz CT molecular complexity index is 1790. The number of nitrogens with two attached hydrogens (primary N) is 2. The number of nitrogens with zero attached hydrogens (tertiary/aromatic N) is 1. The number of ether oxygens (including phenoxy) is 2. The average molecular weight is 752 g/mol. The molecule has 15 heteroatoms. The first-order valence-corrected chi connectivity index (χ1v) is 18.7. The fourth-order valence-corrected chi connectivity index (χ4v) is 6.76. The Kier molecular flexibility index (Phi) is 15.8. The van der Waals surface area contributed by atoms with Crippen molar-refractivity contribution in [2.24, 2.45) is 11.5 Å². The number of carbonyl (C=O) groups excluding carboxylic acids is 5. The number of hydrogen-bond donors (Lipinski definition) is 4. The second-order valence-corrected chi connectivity index (χ2v) is 14.5. The third-order valence-electron chi connectivity index (χ3n) is 8.67. The summed E-state index contributed by atoms with van der Waals surface area (Å²) in [6, 6.07) is 22.1. The van der Waals surface area contributed by atoms with Gasteiger partial charge in [-0.15, -0.1) is 0 Å². The minimum atomic E-state index is -3.81. The fourth-order valence-electron chi connectivity index (χ4n) is 5.69. The normalized spacial score (nSPS) is 14.1. The molecular formula is C38H49N5O9S. The number of alkyl carbamates (subject to hydrolysis) is 1. The summed E-state index contributed by atoms with van der Waals surface area (Å²) >= 11 is 0. The van der Waals surface area contributed by atoms with Gasteiger partial charge in [0.25, 0.3) is 5.91 Å². The highest BCUT2D eigenvalue weighted by Gasteiger charge is 2.55. The fraction of sp³-hybridized carbons (Fsp3) is 0.395. The molecule has 286 valence electrons. The van der Waals surface area contributed by atoms with Crippen molar-refractivity contribution in [1.82, 2.24) is 14.9 Å². The van der Waals surface area contributed by atoms with Crippen LogP contribution in [-0.4, -0.2) is 75.3 Å². The Morgan fingerprint density at radius 2 is 1.45 bits per heavy atom. The number of aldehydes is 1. The molecule has 14 nitrogen and oxygen atoms in total. The van der Waals surface area contributed by atoms with Gasteiger partial charge in [0, 0.05) is 13.1 Å². The molecule has 0 bridgehead atoms. The van der Waals surface area contributed by atoms with Crippen LogP contribution in [0.2, 0.25) is 0 Å². The second-order valence-electron chi connectivity index (χ2n) is 12.8. The van der Waals surface area contributed by atoms with Crippen LogP contribution < -0.4 is 21.5 Å². The van der Waals surface area contributed by atoms with E-state index in [0.717, 1.165) is 18.2 Å². The molecule has 0 aliphatic carbocycles. The molecule has 0 saturated heterocycles. The maximum atomic E-state index is 14.5. The van der Waals surface area contributed by atoms with Crippen molar-refractivity contribution >= 4 is 40.2 Å². The van der Waals surface area contributed by atoms with E-state index in [4.69, 9.17) is 20.9 Å². The predicted octanol–water partition coefficient (Wildman–Crippen LogP) is 3.21. The van der Waals surface area contributed by atoms with E-state index in [0.29, 0.717) is 11.3 Å². The Balaban J connectivity index is 1.82. The average Bonchev–Trinajstić information content (AvgIpc) is 3.16. The van der Waals surface area contributed by atoms with Gasteiger partial charge < -0.3 is 31.1 Å². The van der Waals surface area contributed by atoms with E-state index in [-0.39, 0.29) is 68.5 Å². The molecule has 0 radical (unpaired) electrons. The molecule has 53 heavy (non-hydrogen) atoms. The van der Waals surface area contributed by atoms with E-state index in [2.05, 4.69) is 10.0 Å². The predicted molar refractivity (Wildman–Crippen MR) is 197 cm³/mol. The summed E-state index contributed by atoms with van der Waals surface area (Å²) in [6.45, 7) is 3.36. The Morgan fingerprint density at radius 1 is 0.868 bits per heavy atom. The highest BCUT2D eigenvalue weighted by molar-refractivity contribution is 7.89. The maximum absolute atomic E-state index is 14.5. The monoisotopic (exact) mass is 751 g/mol. The van der Waals surface area contributed by atoms with E-state index < -0.39 is 51.0 Å². The molecule has 6 N–H and O–H groups in total. The molecule has 0 saturated carbocycles. The number of nitrogens with one attached hydrogen (secondary N) is 2. The Labute approximate surface area is 310 Å². The van der Waals surface area contributed by atoms with Crippen LogP contribution in [0.1, 0.15) is 62.1 Å². The molecule has 0 fully saturated rings. The molecule has 0 unspecified atom stereocenters. The summed E-state index contributed by atoms with van der Waals surface area (Å²) in [6.07, 6.45) is -0.143. The minimum Gasteiger partial charge on any atom is -0.467 e. The lowest BCUT2D eigenvalue weighted by Crippen LogP contribution is -2.67. The summed E-state index contributed by atoms with van der Waals surface area (Å²) in [5, 5.41) is 2.65. The third kappa shape index (κ3) is 11.3. The van der Waals surface area contributed by atoms with E-state index >= 15 is 0 Å². The summed E-state index contributed by atoms with van der Waals surface area (Å²) in [5.74, 6) is -3.12. The molecule has 3 aromatic carbocycles. The number of unbranched alkanes of at least 4 members (excludes halogenated alkanes) is 2. The van der Waals surface area contributed by atoms with Crippen molar-refractivity contribution < 1.29 is 41.9 Å². The molecule has 0 heterocycles. The summed E-state index contributed by atoms with van der Waals surface area (Å²) in [5.41, 5.74) is 9.99. The van der Waals surface area contributed by atoms with Gasteiger partial charge in [-0.3, -0.25) is 14.5 Å². The first-order valence-electron chi connectivity index (χ1n) is 17.3. The van der Waals surface area contributed by atoms with Gasteiger partial charge in [-0.25, -0.2) is 22.7 Å². The van der Waals surface area contributed by atoms with Crippen LogP contribution in [0.5, 0.6) is 0 Å². The van der Waals surface area contributed by atoms with Crippen LogP contribution in [0.3, 0.4) is 0 Å². The van der Waals surface area contributed by atoms with Gasteiger partial charge in [-0.1, -0.05) is 78.4 Å². The quantitative estimate of drug-likeness (QED) is 0.0569. The van der Waals surface area contributed by atoms with E-state index in [1.165, 1.54) is 19.1 Å². The van der Waals surface area contributed by atoms with Crippen LogP contribution in [-0.2, 0) is 50.8 Å².